The highest BCUT2D eigenvalue weighted by atomic mass is 19.4. The first-order valence-corrected chi connectivity index (χ1v) is 9.57. The van der Waals surface area contributed by atoms with Gasteiger partial charge < -0.3 is 10.1 Å². The van der Waals surface area contributed by atoms with Crippen LogP contribution in [-0.2, 0) is 22.3 Å². The number of fused-ring (bicyclic) bond motifs is 1. The Hall–Kier alpha value is -3.10. The summed E-state index contributed by atoms with van der Waals surface area (Å²) in [6.45, 7) is 3.72. The van der Waals surface area contributed by atoms with E-state index in [9.17, 15) is 22.8 Å². The Balaban J connectivity index is 1.76. The Bertz CT molecular complexity index is 931. The van der Waals surface area contributed by atoms with Crippen LogP contribution < -0.4 is 15.0 Å². The van der Waals surface area contributed by atoms with E-state index in [0.29, 0.717) is 23.7 Å². The number of ether oxygens (including phenoxy) is 1. The van der Waals surface area contributed by atoms with Crippen LogP contribution in [0.2, 0.25) is 0 Å². The molecule has 0 bridgehead atoms. The average molecular weight is 421 g/mol. The number of amides is 2. The minimum absolute atomic E-state index is 0.0436. The molecule has 0 aliphatic carbocycles. The number of halogens is 3. The summed E-state index contributed by atoms with van der Waals surface area (Å²) < 4.78 is 43.8. The molecule has 0 radical (unpaired) electrons. The number of pyridine rings is 1. The lowest BCUT2D eigenvalue weighted by atomic mass is 10.0. The summed E-state index contributed by atoms with van der Waals surface area (Å²) >= 11 is 0. The van der Waals surface area contributed by atoms with Crippen LogP contribution in [0.1, 0.15) is 37.8 Å². The minimum Gasteiger partial charge on any atom is -0.464 e. The van der Waals surface area contributed by atoms with Crippen molar-refractivity contribution >= 4 is 17.6 Å². The smallest absolute Gasteiger partial charge is 0.416 e. The van der Waals surface area contributed by atoms with Crippen LogP contribution >= 0.6 is 0 Å². The van der Waals surface area contributed by atoms with Crippen LogP contribution in [0.3, 0.4) is 0 Å². The maximum atomic E-state index is 13.1. The van der Waals surface area contributed by atoms with E-state index in [-0.39, 0.29) is 6.54 Å². The molecule has 2 amide bonds. The zero-order valence-electron chi connectivity index (χ0n) is 16.6. The predicted octanol–water partition coefficient (Wildman–Crippen LogP) is 3.70. The van der Waals surface area contributed by atoms with Gasteiger partial charge in [0.25, 0.3) is 17.4 Å². The van der Waals surface area contributed by atoms with E-state index < -0.39 is 29.2 Å². The molecule has 160 valence electrons. The van der Waals surface area contributed by atoms with Crippen LogP contribution in [-0.4, -0.2) is 28.9 Å². The zero-order chi connectivity index (χ0) is 21.9. The quantitative estimate of drug-likeness (QED) is 0.722. The van der Waals surface area contributed by atoms with Crippen molar-refractivity contribution < 1.29 is 27.5 Å². The highest BCUT2D eigenvalue weighted by Gasteiger charge is 2.51. The third-order valence-corrected chi connectivity index (χ3v) is 4.88. The Morgan fingerprint density at radius 2 is 1.93 bits per heavy atom. The van der Waals surface area contributed by atoms with Gasteiger partial charge in [-0.05, 0) is 43.2 Å². The molecule has 1 aromatic heterocycles. The number of carbonyl (C=O) groups excluding carboxylic acids is 2. The van der Waals surface area contributed by atoms with Crippen molar-refractivity contribution in [2.24, 2.45) is 0 Å². The number of nitrogens with one attached hydrogen (secondary N) is 1. The SMILES string of the molecule is CCCCN1C(=O)[C@](C)(C(=O)NCc2ccc(C(F)(F)F)cc2)Oc2cccnc21. The number of hydrogen-bond donors (Lipinski definition) is 1. The molecule has 1 aliphatic rings. The molecule has 0 spiro atoms. The molecule has 0 fully saturated rings. The molecule has 9 heteroatoms. The van der Waals surface area contributed by atoms with E-state index in [1.165, 1.54) is 24.0 Å². The van der Waals surface area contributed by atoms with Crippen LogP contribution in [0.15, 0.2) is 42.6 Å². The van der Waals surface area contributed by atoms with Gasteiger partial charge in [0.1, 0.15) is 0 Å². The summed E-state index contributed by atoms with van der Waals surface area (Å²) in [5.41, 5.74) is -2.12. The van der Waals surface area contributed by atoms with Gasteiger partial charge in [-0.2, -0.15) is 13.2 Å². The van der Waals surface area contributed by atoms with E-state index in [4.69, 9.17) is 4.74 Å². The van der Waals surface area contributed by atoms with Crippen LogP contribution in [0.4, 0.5) is 19.0 Å². The van der Waals surface area contributed by atoms with Gasteiger partial charge in [0.05, 0.1) is 5.56 Å². The van der Waals surface area contributed by atoms with Gasteiger partial charge in [-0.25, -0.2) is 4.98 Å². The Labute approximate surface area is 172 Å². The molecular formula is C21H22F3N3O3. The number of hydrogen-bond acceptors (Lipinski definition) is 4. The van der Waals surface area contributed by atoms with Crippen molar-refractivity contribution in [1.29, 1.82) is 0 Å². The van der Waals surface area contributed by atoms with E-state index in [0.717, 1.165) is 25.0 Å². The van der Waals surface area contributed by atoms with Crippen LogP contribution in [0, 0.1) is 0 Å². The van der Waals surface area contributed by atoms with Gasteiger partial charge in [-0.1, -0.05) is 25.5 Å². The maximum absolute atomic E-state index is 13.1. The van der Waals surface area contributed by atoms with Gasteiger partial charge >= 0.3 is 6.18 Å². The second kappa shape index (κ2) is 8.33. The molecular weight excluding hydrogens is 399 g/mol. The summed E-state index contributed by atoms with van der Waals surface area (Å²) in [7, 11) is 0. The predicted molar refractivity (Wildman–Crippen MR) is 104 cm³/mol. The standard InChI is InChI=1S/C21H22F3N3O3/c1-3-4-12-27-17-16(6-5-11-25-17)30-20(2,19(27)29)18(28)26-13-14-7-9-15(10-8-14)21(22,23)24/h5-11H,3-4,12-13H2,1-2H3,(H,26,28)/t20-/m0/s1. The van der Waals surface area contributed by atoms with Crippen molar-refractivity contribution in [3.63, 3.8) is 0 Å². The summed E-state index contributed by atoms with van der Waals surface area (Å²) in [4.78, 5) is 31.6. The number of anilines is 1. The molecule has 0 saturated carbocycles. The van der Waals surface area contributed by atoms with Gasteiger partial charge in [0.2, 0.25) is 0 Å². The van der Waals surface area contributed by atoms with Gasteiger partial charge in [0.15, 0.2) is 11.6 Å². The number of carbonyl (C=O) groups is 2. The highest BCUT2D eigenvalue weighted by molar-refractivity contribution is 6.16. The fourth-order valence-corrected chi connectivity index (χ4v) is 3.11. The molecule has 3 rings (SSSR count). The molecule has 0 saturated heterocycles. The van der Waals surface area contributed by atoms with Crippen LogP contribution in [0.25, 0.3) is 0 Å². The normalized spacial score (nSPS) is 18.6. The van der Waals surface area contributed by atoms with Crippen molar-refractivity contribution in [1.82, 2.24) is 10.3 Å². The van der Waals surface area contributed by atoms with Crippen molar-refractivity contribution in [2.45, 2.75) is 45.0 Å². The maximum Gasteiger partial charge on any atom is 0.416 e. The molecule has 6 nitrogen and oxygen atoms in total. The molecule has 0 unspecified atom stereocenters. The van der Waals surface area contributed by atoms with E-state index in [1.807, 2.05) is 6.92 Å². The molecule has 2 aromatic rings. The number of benzene rings is 1. The van der Waals surface area contributed by atoms with Crippen LogP contribution in [0.5, 0.6) is 5.75 Å². The fourth-order valence-electron chi connectivity index (χ4n) is 3.11. The lowest BCUT2D eigenvalue weighted by Crippen LogP contribution is -2.62. The Kier molecular flexibility index (Phi) is 6.00. The Morgan fingerprint density at radius 3 is 2.57 bits per heavy atom. The average Bonchev–Trinajstić information content (AvgIpc) is 2.72. The number of nitrogens with zero attached hydrogens (tertiary/aromatic N) is 2. The lowest BCUT2D eigenvalue weighted by Gasteiger charge is -2.38. The molecule has 2 heterocycles. The second-order valence-corrected chi connectivity index (χ2v) is 7.15. The largest absolute Gasteiger partial charge is 0.464 e. The first-order chi connectivity index (χ1) is 14.2. The Morgan fingerprint density at radius 1 is 1.23 bits per heavy atom. The summed E-state index contributed by atoms with van der Waals surface area (Å²) in [5.74, 6) is -0.528. The summed E-state index contributed by atoms with van der Waals surface area (Å²) in [5, 5.41) is 2.59. The van der Waals surface area contributed by atoms with Crippen molar-refractivity contribution in [3.8, 4) is 5.75 Å². The van der Waals surface area contributed by atoms with Gasteiger partial charge in [-0.3, -0.25) is 14.5 Å². The molecule has 30 heavy (non-hydrogen) atoms. The molecule has 1 aliphatic heterocycles. The van der Waals surface area contributed by atoms with E-state index in [1.54, 1.807) is 18.3 Å². The second-order valence-electron chi connectivity index (χ2n) is 7.15. The lowest BCUT2D eigenvalue weighted by molar-refractivity contribution is -0.148. The van der Waals surface area contributed by atoms with Gasteiger partial charge in [-0.15, -0.1) is 0 Å². The summed E-state index contributed by atoms with van der Waals surface area (Å²) in [6.07, 6.45) is -1.31. The minimum atomic E-state index is -4.43. The third kappa shape index (κ3) is 4.24. The monoisotopic (exact) mass is 421 g/mol. The van der Waals surface area contributed by atoms with Crippen molar-refractivity contribution in [2.75, 3.05) is 11.4 Å². The van der Waals surface area contributed by atoms with Gasteiger partial charge in [0, 0.05) is 19.3 Å². The zero-order valence-corrected chi connectivity index (χ0v) is 16.6. The highest BCUT2D eigenvalue weighted by Crippen LogP contribution is 2.36. The number of unbranched alkanes of at least 4 members (excludes halogenated alkanes) is 1. The molecule has 1 atom stereocenters. The molecule has 1 aromatic carbocycles. The number of aromatic nitrogens is 1. The number of alkyl halides is 3. The number of rotatable bonds is 6. The van der Waals surface area contributed by atoms with E-state index >= 15 is 0 Å². The van der Waals surface area contributed by atoms with E-state index in [2.05, 4.69) is 10.3 Å². The third-order valence-electron chi connectivity index (χ3n) is 4.88. The molecule has 1 N–H and O–H groups in total. The topological polar surface area (TPSA) is 71.5 Å². The summed E-state index contributed by atoms with van der Waals surface area (Å²) in [6, 6.07) is 7.73. The first kappa shape index (κ1) is 21.6. The fraction of sp³-hybridized carbons (Fsp3) is 0.381. The first-order valence-electron chi connectivity index (χ1n) is 9.57. The van der Waals surface area contributed by atoms with Crippen molar-refractivity contribution in [3.05, 3.63) is 53.7 Å².